The van der Waals surface area contributed by atoms with Crippen molar-refractivity contribution in [2.75, 3.05) is 26.2 Å². The highest BCUT2D eigenvalue weighted by Crippen LogP contribution is 2.27. The summed E-state index contributed by atoms with van der Waals surface area (Å²) in [6.45, 7) is 5.84. The Morgan fingerprint density at radius 3 is 2.41 bits per heavy atom. The molecular weight excluding hydrogens is 378 g/mol. The molecule has 1 atom stereocenters. The number of rotatable bonds is 12. The molecule has 9 nitrogen and oxygen atoms in total. The average Bonchev–Trinajstić information content (AvgIpc) is 2.69. The molecule has 1 aromatic rings. The Hall–Kier alpha value is -3.04. The normalized spacial score (nSPS) is 12.3. The summed E-state index contributed by atoms with van der Waals surface area (Å²) in [4.78, 5) is 43.8. The third-order valence-corrected chi connectivity index (χ3v) is 4.32. The lowest BCUT2D eigenvalue weighted by atomic mass is 9.77. The summed E-state index contributed by atoms with van der Waals surface area (Å²) in [6.07, 6.45) is 1.51. The van der Waals surface area contributed by atoms with Gasteiger partial charge in [0.15, 0.2) is 0 Å². The number of carboxylic acids is 1. The number of carbonyl (C=O) groups is 4. The summed E-state index contributed by atoms with van der Waals surface area (Å²) in [5.74, 6) is -2.26. The maximum atomic E-state index is 12.0. The van der Waals surface area contributed by atoms with Crippen molar-refractivity contribution in [3.8, 4) is 0 Å². The Balaban J connectivity index is 2.66. The molecule has 0 bridgehead atoms. The van der Waals surface area contributed by atoms with E-state index in [1.807, 2.05) is 44.2 Å². The maximum Gasteiger partial charge on any atom is 0.415 e. The first-order chi connectivity index (χ1) is 13.8. The number of aliphatic carboxylic acids is 1. The van der Waals surface area contributed by atoms with Gasteiger partial charge in [0.2, 0.25) is 6.29 Å². The van der Waals surface area contributed by atoms with Crippen molar-refractivity contribution in [1.29, 1.82) is 0 Å². The summed E-state index contributed by atoms with van der Waals surface area (Å²) in [6, 6.07) is 9.11. The zero-order valence-electron chi connectivity index (χ0n) is 16.5. The van der Waals surface area contributed by atoms with E-state index in [0.29, 0.717) is 26.2 Å². The Morgan fingerprint density at radius 2 is 1.79 bits per heavy atom. The van der Waals surface area contributed by atoms with Gasteiger partial charge in [-0.05, 0) is 5.56 Å². The van der Waals surface area contributed by atoms with E-state index in [4.69, 9.17) is 5.11 Å². The minimum Gasteiger partial charge on any atom is -0.478 e. The first-order valence-corrected chi connectivity index (χ1v) is 9.11. The van der Waals surface area contributed by atoms with Crippen LogP contribution >= 0.6 is 0 Å². The number of carboxylic acid groups (broad SMARTS) is 1. The molecule has 29 heavy (non-hydrogen) atoms. The Bertz CT molecular complexity index is 718. The second-order valence-corrected chi connectivity index (χ2v) is 6.76. The van der Waals surface area contributed by atoms with Crippen LogP contribution in [0.2, 0.25) is 0 Å². The predicted octanol–water partition coefficient (Wildman–Crippen LogP) is 0.605. The van der Waals surface area contributed by atoms with Gasteiger partial charge in [-0.15, -0.1) is 0 Å². The van der Waals surface area contributed by atoms with Gasteiger partial charge >= 0.3 is 18.0 Å². The Labute approximate surface area is 169 Å². The zero-order chi connectivity index (χ0) is 21.7. The Kier molecular flexibility index (Phi) is 10.3. The van der Waals surface area contributed by atoms with Crippen molar-refractivity contribution in [2.45, 2.75) is 25.3 Å². The van der Waals surface area contributed by atoms with Gasteiger partial charge in [0.05, 0.1) is 6.04 Å². The van der Waals surface area contributed by atoms with Gasteiger partial charge < -0.3 is 25.8 Å². The van der Waals surface area contributed by atoms with Crippen LogP contribution in [0, 0.1) is 0 Å². The van der Waals surface area contributed by atoms with E-state index < -0.39 is 29.5 Å². The summed E-state index contributed by atoms with van der Waals surface area (Å²) in [5, 5.41) is 17.4. The molecule has 0 aromatic heterocycles. The van der Waals surface area contributed by atoms with Crippen molar-refractivity contribution in [2.24, 2.45) is 0 Å². The number of benzene rings is 1. The first kappa shape index (κ1) is 24.0. The number of nitrogens with one attached hydrogen (secondary N) is 3. The SMILES string of the molecule is CC(C)(c1ccccc1)C(CNCCNCC=CC(=O)O)NC(=O)OC(=O)C=O. The maximum absolute atomic E-state index is 12.0. The average molecular weight is 405 g/mol. The number of aldehydes is 1. The van der Waals surface area contributed by atoms with Gasteiger partial charge in [0.1, 0.15) is 0 Å². The second-order valence-electron chi connectivity index (χ2n) is 6.76. The van der Waals surface area contributed by atoms with Gasteiger partial charge in [-0.1, -0.05) is 50.3 Å². The fraction of sp³-hybridized carbons (Fsp3) is 0.400. The summed E-state index contributed by atoms with van der Waals surface area (Å²) < 4.78 is 4.40. The quantitative estimate of drug-likeness (QED) is 0.0992. The molecule has 0 saturated heterocycles. The van der Waals surface area contributed by atoms with E-state index in [1.165, 1.54) is 6.08 Å². The fourth-order valence-corrected chi connectivity index (χ4v) is 2.61. The van der Waals surface area contributed by atoms with Gasteiger partial charge in [-0.3, -0.25) is 4.79 Å². The molecule has 1 amide bonds. The minimum atomic E-state index is -1.26. The highest BCUT2D eigenvalue weighted by molar-refractivity contribution is 6.22. The monoisotopic (exact) mass is 405 g/mol. The summed E-state index contributed by atoms with van der Waals surface area (Å²) in [7, 11) is 0. The van der Waals surface area contributed by atoms with Crippen LogP contribution in [0.5, 0.6) is 0 Å². The van der Waals surface area contributed by atoms with E-state index in [2.05, 4.69) is 20.7 Å². The molecule has 1 aromatic carbocycles. The van der Waals surface area contributed by atoms with Crippen LogP contribution in [0.25, 0.3) is 0 Å². The zero-order valence-corrected chi connectivity index (χ0v) is 16.5. The van der Waals surface area contributed by atoms with Crippen LogP contribution in [-0.4, -0.2) is 61.6 Å². The van der Waals surface area contributed by atoms with Crippen molar-refractivity contribution in [1.82, 2.24) is 16.0 Å². The van der Waals surface area contributed by atoms with E-state index in [0.717, 1.165) is 11.6 Å². The van der Waals surface area contributed by atoms with Crippen LogP contribution in [-0.2, 0) is 24.5 Å². The number of ether oxygens (including phenoxy) is 1. The lowest BCUT2D eigenvalue weighted by Crippen LogP contribution is -2.53. The fourth-order valence-electron chi connectivity index (χ4n) is 2.61. The van der Waals surface area contributed by atoms with Crippen molar-refractivity contribution in [3.63, 3.8) is 0 Å². The predicted molar refractivity (Wildman–Crippen MR) is 106 cm³/mol. The topological polar surface area (TPSA) is 134 Å². The smallest absolute Gasteiger partial charge is 0.415 e. The number of carbonyl (C=O) groups excluding carboxylic acids is 3. The molecule has 0 fully saturated rings. The Morgan fingerprint density at radius 1 is 1.14 bits per heavy atom. The molecule has 0 aliphatic rings. The van der Waals surface area contributed by atoms with Crippen LogP contribution in [0.1, 0.15) is 19.4 Å². The number of amides is 1. The molecule has 9 heteroatoms. The second kappa shape index (κ2) is 12.4. The van der Waals surface area contributed by atoms with Crippen molar-refractivity contribution >= 4 is 24.3 Å². The van der Waals surface area contributed by atoms with Gasteiger partial charge in [0, 0.05) is 37.7 Å². The molecule has 158 valence electrons. The van der Waals surface area contributed by atoms with Crippen LogP contribution in [0.3, 0.4) is 0 Å². The lowest BCUT2D eigenvalue weighted by Gasteiger charge is -2.35. The number of hydrogen-bond acceptors (Lipinski definition) is 7. The molecular formula is C20H27N3O6. The van der Waals surface area contributed by atoms with Gasteiger partial charge in [-0.25, -0.2) is 14.4 Å². The largest absolute Gasteiger partial charge is 0.478 e. The van der Waals surface area contributed by atoms with E-state index >= 15 is 0 Å². The van der Waals surface area contributed by atoms with E-state index in [-0.39, 0.29) is 6.29 Å². The van der Waals surface area contributed by atoms with E-state index in [1.54, 1.807) is 0 Å². The number of esters is 1. The number of alkyl carbamates (subject to hydrolysis) is 1. The minimum absolute atomic E-state index is 0.0698. The highest BCUT2D eigenvalue weighted by Gasteiger charge is 2.33. The molecule has 0 saturated carbocycles. The summed E-state index contributed by atoms with van der Waals surface area (Å²) in [5.41, 5.74) is 0.473. The third kappa shape index (κ3) is 9.13. The van der Waals surface area contributed by atoms with Crippen molar-refractivity contribution in [3.05, 3.63) is 48.0 Å². The summed E-state index contributed by atoms with van der Waals surface area (Å²) >= 11 is 0. The molecule has 1 unspecified atom stereocenters. The number of hydrogen-bond donors (Lipinski definition) is 4. The molecule has 0 radical (unpaired) electrons. The van der Waals surface area contributed by atoms with Crippen molar-refractivity contribution < 1.29 is 29.0 Å². The van der Waals surface area contributed by atoms with Crippen LogP contribution < -0.4 is 16.0 Å². The van der Waals surface area contributed by atoms with Gasteiger partial charge in [0.25, 0.3) is 0 Å². The third-order valence-electron chi connectivity index (χ3n) is 4.32. The molecule has 0 heterocycles. The molecule has 0 aliphatic carbocycles. The van der Waals surface area contributed by atoms with Crippen LogP contribution in [0.4, 0.5) is 4.79 Å². The molecule has 0 aliphatic heterocycles. The highest BCUT2D eigenvalue weighted by atomic mass is 16.6. The lowest BCUT2D eigenvalue weighted by molar-refractivity contribution is -0.143. The standard InChI is InChI=1S/C20H27N3O6/c1-20(2,15-7-4-3-5-8-15)16(23-19(28)29-18(27)14-24)13-22-12-11-21-10-6-9-17(25)26/h3-9,14,16,21-22H,10-13H2,1-2H3,(H,23,28)(H,25,26). The van der Waals surface area contributed by atoms with Gasteiger partial charge in [-0.2, -0.15) is 0 Å². The molecule has 1 rings (SSSR count). The molecule has 0 spiro atoms. The van der Waals surface area contributed by atoms with E-state index in [9.17, 15) is 19.2 Å². The molecule has 4 N–H and O–H groups in total. The first-order valence-electron chi connectivity index (χ1n) is 9.11. The van der Waals surface area contributed by atoms with Crippen LogP contribution in [0.15, 0.2) is 42.5 Å².